The summed E-state index contributed by atoms with van der Waals surface area (Å²) in [5.74, 6) is 0.0510. The van der Waals surface area contributed by atoms with Gasteiger partial charge in [-0.2, -0.15) is 0 Å². The molecule has 2 unspecified atom stereocenters. The molecular weight excluding hydrogens is 266 g/mol. The maximum absolute atomic E-state index is 11.8. The third-order valence-electron chi connectivity index (χ3n) is 2.58. The molecule has 0 radical (unpaired) electrons. The van der Waals surface area contributed by atoms with Crippen molar-refractivity contribution in [2.24, 2.45) is 5.92 Å². The Kier molecular flexibility index (Phi) is 10.9. The van der Waals surface area contributed by atoms with Gasteiger partial charge in [-0.15, -0.1) is 0 Å². The van der Waals surface area contributed by atoms with Gasteiger partial charge < -0.3 is 15.2 Å². The van der Waals surface area contributed by atoms with E-state index in [9.17, 15) is 14.7 Å². The van der Waals surface area contributed by atoms with Crippen LogP contribution < -0.4 is 5.32 Å². The van der Waals surface area contributed by atoms with Crippen LogP contribution in [0.5, 0.6) is 0 Å². The number of nitrogens with one attached hydrogen (secondary N) is 1. The molecule has 6 heteroatoms. The largest absolute Gasteiger partial charge is 0.390 e. The Morgan fingerprint density at radius 2 is 2.05 bits per heavy atom. The maximum atomic E-state index is 11.8. The van der Waals surface area contributed by atoms with E-state index in [1.807, 2.05) is 6.92 Å². The third kappa shape index (κ3) is 9.02. The minimum absolute atomic E-state index is 0.0194. The van der Waals surface area contributed by atoms with E-state index in [4.69, 9.17) is 4.74 Å². The summed E-state index contributed by atoms with van der Waals surface area (Å²) in [6.07, 6.45) is 0.570. The summed E-state index contributed by atoms with van der Waals surface area (Å²) in [4.78, 5) is 22.7. The fourth-order valence-electron chi connectivity index (χ4n) is 1.25. The van der Waals surface area contributed by atoms with Crippen molar-refractivity contribution in [3.05, 3.63) is 0 Å². The van der Waals surface area contributed by atoms with Crippen molar-refractivity contribution < 1.29 is 19.4 Å². The molecule has 0 aliphatic rings. The van der Waals surface area contributed by atoms with Crippen LogP contribution in [0.25, 0.3) is 0 Å². The highest BCUT2D eigenvalue weighted by atomic mass is 32.2. The van der Waals surface area contributed by atoms with E-state index in [0.717, 1.165) is 18.2 Å². The van der Waals surface area contributed by atoms with Crippen LogP contribution in [-0.4, -0.2) is 47.7 Å². The first-order chi connectivity index (χ1) is 9.02. The number of aliphatic hydroxyl groups is 1. The van der Waals surface area contributed by atoms with E-state index in [1.165, 1.54) is 0 Å². The van der Waals surface area contributed by atoms with Gasteiger partial charge in [0.25, 0.3) is 0 Å². The number of hydrogen-bond acceptors (Lipinski definition) is 5. The highest BCUT2D eigenvalue weighted by Gasteiger charge is 2.22. The number of rotatable bonds is 10. The monoisotopic (exact) mass is 291 g/mol. The Balaban J connectivity index is 3.77. The Morgan fingerprint density at radius 3 is 2.63 bits per heavy atom. The van der Waals surface area contributed by atoms with Gasteiger partial charge >= 0.3 is 0 Å². The number of ether oxygens (including phenoxy) is 1. The SMILES string of the molecule is CCCOCC(O)C(C)C(=O)SCCNC(=O)CC. The number of carbonyl (C=O) groups excluding carboxylic acids is 2. The highest BCUT2D eigenvalue weighted by Crippen LogP contribution is 2.14. The lowest BCUT2D eigenvalue weighted by Crippen LogP contribution is -2.30. The smallest absolute Gasteiger partial charge is 0.219 e. The highest BCUT2D eigenvalue weighted by molar-refractivity contribution is 8.13. The molecular formula is C13H25NO4S. The summed E-state index contributed by atoms with van der Waals surface area (Å²) in [7, 11) is 0. The second-order valence-electron chi connectivity index (χ2n) is 4.30. The molecule has 0 fully saturated rings. The number of hydrogen-bond donors (Lipinski definition) is 2. The summed E-state index contributed by atoms with van der Waals surface area (Å²) in [5, 5.41) is 12.4. The van der Waals surface area contributed by atoms with Crippen LogP contribution in [0.1, 0.15) is 33.6 Å². The molecule has 0 saturated heterocycles. The molecule has 0 spiro atoms. The van der Waals surface area contributed by atoms with E-state index >= 15 is 0 Å². The molecule has 19 heavy (non-hydrogen) atoms. The fourth-order valence-corrected chi connectivity index (χ4v) is 2.07. The van der Waals surface area contributed by atoms with Crippen molar-refractivity contribution in [1.82, 2.24) is 5.32 Å². The van der Waals surface area contributed by atoms with Gasteiger partial charge in [0.05, 0.1) is 18.6 Å². The Bertz CT molecular complexity index is 273. The first-order valence-corrected chi connectivity index (χ1v) is 7.70. The van der Waals surface area contributed by atoms with Gasteiger partial charge in [-0.05, 0) is 6.42 Å². The van der Waals surface area contributed by atoms with Crippen molar-refractivity contribution in [2.45, 2.75) is 39.7 Å². The predicted molar refractivity (Wildman–Crippen MR) is 77.0 cm³/mol. The van der Waals surface area contributed by atoms with E-state index in [2.05, 4.69) is 5.32 Å². The Hall–Kier alpha value is -0.590. The van der Waals surface area contributed by atoms with Crippen LogP contribution in [0.4, 0.5) is 0 Å². The van der Waals surface area contributed by atoms with E-state index in [1.54, 1.807) is 13.8 Å². The topological polar surface area (TPSA) is 75.6 Å². The summed E-state index contributed by atoms with van der Waals surface area (Å²) < 4.78 is 5.22. The molecule has 0 heterocycles. The molecule has 0 aliphatic carbocycles. The lowest BCUT2D eigenvalue weighted by atomic mass is 10.1. The van der Waals surface area contributed by atoms with Crippen molar-refractivity contribution in [3.8, 4) is 0 Å². The number of aliphatic hydroxyl groups excluding tert-OH is 1. The zero-order valence-electron chi connectivity index (χ0n) is 12.0. The Labute approximate surface area is 119 Å². The van der Waals surface area contributed by atoms with Gasteiger partial charge in [0.2, 0.25) is 5.91 Å². The van der Waals surface area contributed by atoms with Crippen molar-refractivity contribution in [2.75, 3.05) is 25.5 Å². The lowest BCUT2D eigenvalue weighted by Gasteiger charge is -2.17. The average Bonchev–Trinajstić information content (AvgIpc) is 2.42. The molecule has 0 aliphatic heterocycles. The fraction of sp³-hybridized carbons (Fsp3) is 0.846. The summed E-state index contributed by atoms with van der Waals surface area (Å²) in [5.41, 5.74) is 0. The van der Waals surface area contributed by atoms with Gasteiger partial charge in [-0.25, -0.2) is 0 Å². The predicted octanol–water partition coefficient (Wildman–Crippen LogP) is 1.20. The molecule has 112 valence electrons. The van der Waals surface area contributed by atoms with Crippen LogP contribution in [-0.2, 0) is 14.3 Å². The zero-order chi connectivity index (χ0) is 14.7. The molecule has 0 aromatic rings. The molecule has 0 bridgehead atoms. The van der Waals surface area contributed by atoms with Crippen LogP contribution in [0.2, 0.25) is 0 Å². The summed E-state index contributed by atoms with van der Waals surface area (Å²) >= 11 is 1.14. The average molecular weight is 291 g/mol. The molecule has 1 amide bonds. The normalized spacial score (nSPS) is 13.9. The first-order valence-electron chi connectivity index (χ1n) is 6.72. The second kappa shape index (κ2) is 11.3. The molecule has 2 atom stereocenters. The Morgan fingerprint density at radius 1 is 1.37 bits per heavy atom. The third-order valence-corrected chi connectivity index (χ3v) is 3.64. The van der Waals surface area contributed by atoms with Crippen molar-refractivity contribution in [3.63, 3.8) is 0 Å². The van der Waals surface area contributed by atoms with Crippen LogP contribution in [0.3, 0.4) is 0 Å². The standard InChI is InChI=1S/C13H25NO4S/c1-4-7-18-9-11(15)10(3)13(17)19-8-6-14-12(16)5-2/h10-11,15H,4-9H2,1-3H3,(H,14,16). The molecule has 0 aromatic heterocycles. The van der Waals surface area contributed by atoms with Gasteiger partial charge in [-0.1, -0.05) is 32.5 Å². The number of carbonyl (C=O) groups is 2. The molecule has 0 saturated carbocycles. The molecule has 0 rings (SSSR count). The first kappa shape index (κ1) is 18.4. The van der Waals surface area contributed by atoms with Crippen LogP contribution in [0, 0.1) is 5.92 Å². The quantitative estimate of drug-likeness (QED) is 0.591. The minimum atomic E-state index is -0.767. The van der Waals surface area contributed by atoms with Crippen molar-refractivity contribution in [1.29, 1.82) is 0 Å². The number of thioether (sulfide) groups is 1. The zero-order valence-corrected chi connectivity index (χ0v) is 12.8. The van der Waals surface area contributed by atoms with E-state index in [0.29, 0.717) is 25.3 Å². The van der Waals surface area contributed by atoms with Gasteiger partial charge in [0.15, 0.2) is 5.12 Å². The van der Waals surface area contributed by atoms with Gasteiger partial charge in [-0.3, -0.25) is 9.59 Å². The summed E-state index contributed by atoms with van der Waals surface area (Å²) in [6, 6.07) is 0. The molecule has 0 aromatic carbocycles. The summed E-state index contributed by atoms with van der Waals surface area (Å²) in [6.45, 7) is 6.71. The van der Waals surface area contributed by atoms with E-state index < -0.39 is 12.0 Å². The lowest BCUT2D eigenvalue weighted by molar-refractivity contribution is -0.121. The van der Waals surface area contributed by atoms with Gasteiger partial charge in [0, 0.05) is 25.3 Å². The van der Waals surface area contributed by atoms with Crippen LogP contribution in [0.15, 0.2) is 0 Å². The molecule has 5 nitrogen and oxygen atoms in total. The van der Waals surface area contributed by atoms with Crippen LogP contribution >= 0.6 is 11.8 Å². The van der Waals surface area contributed by atoms with E-state index in [-0.39, 0.29) is 17.6 Å². The molecule has 2 N–H and O–H groups in total. The van der Waals surface area contributed by atoms with Crippen molar-refractivity contribution >= 4 is 22.8 Å². The number of amides is 1. The maximum Gasteiger partial charge on any atom is 0.219 e. The van der Waals surface area contributed by atoms with Gasteiger partial charge in [0.1, 0.15) is 0 Å². The second-order valence-corrected chi connectivity index (χ2v) is 5.40. The minimum Gasteiger partial charge on any atom is -0.390 e.